The number of nitrogens with one attached hydrogen (secondary N) is 1. The molecule has 1 unspecified atom stereocenters. The van der Waals surface area contributed by atoms with E-state index in [0.29, 0.717) is 6.61 Å². The summed E-state index contributed by atoms with van der Waals surface area (Å²) in [5, 5.41) is 3.54. The summed E-state index contributed by atoms with van der Waals surface area (Å²) in [5.74, 6) is 0.961. The highest BCUT2D eigenvalue weighted by molar-refractivity contribution is 5.40. The van der Waals surface area contributed by atoms with Gasteiger partial charge in [-0.05, 0) is 37.9 Å². The average molecular weight is 261 g/mol. The van der Waals surface area contributed by atoms with Crippen molar-refractivity contribution in [1.29, 1.82) is 0 Å². The fraction of sp³-hybridized carbons (Fsp3) is 0.500. The van der Waals surface area contributed by atoms with Crippen LogP contribution in [0, 0.1) is 0 Å². The molecule has 0 aromatic heterocycles. The molecule has 0 fully saturated rings. The van der Waals surface area contributed by atoms with Gasteiger partial charge in [0.2, 0.25) is 0 Å². The maximum Gasteiger partial charge on any atom is 0.124 e. The van der Waals surface area contributed by atoms with Gasteiger partial charge >= 0.3 is 0 Å². The van der Waals surface area contributed by atoms with E-state index in [-0.39, 0.29) is 6.04 Å². The lowest BCUT2D eigenvalue weighted by molar-refractivity contribution is 0.219. The number of hydrogen-bond acceptors (Lipinski definition) is 3. The molecule has 0 spiro atoms. The molecule has 0 saturated heterocycles. The summed E-state index contributed by atoms with van der Waals surface area (Å²) in [7, 11) is 0. The molecule has 1 aliphatic heterocycles. The van der Waals surface area contributed by atoms with E-state index in [1.165, 1.54) is 11.1 Å². The third-order valence-electron chi connectivity index (χ3n) is 3.27. The predicted octanol–water partition coefficient (Wildman–Crippen LogP) is 3.43. The smallest absolute Gasteiger partial charge is 0.124 e. The van der Waals surface area contributed by atoms with E-state index in [1.807, 2.05) is 25.3 Å². The van der Waals surface area contributed by atoms with E-state index < -0.39 is 0 Å². The molecular weight excluding hydrogens is 238 g/mol. The van der Waals surface area contributed by atoms with Gasteiger partial charge in [-0.2, -0.15) is 0 Å². The van der Waals surface area contributed by atoms with Crippen LogP contribution in [0.3, 0.4) is 0 Å². The van der Waals surface area contributed by atoms with Gasteiger partial charge in [0.25, 0.3) is 0 Å². The molecule has 1 atom stereocenters. The van der Waals surface area contributed by atoms with E-state index in [0.717, 1.165) is 31.7 Å². The van der Waals surface area contributed by atoms with Crippen molar-refractivity contribution in [2.24, 2.45) is 0 Å². The van der Waals surface area contributed by atoms with Crippen LogP contribution >= 0.6 is 0 Å². The fourth-order valence-corrected chi connectivity index (χ4v) is 2.45. The number of benzene rings is 1. The van der Waals surface area contributed by atoms with E-state index in [1.54, 1.807) is 0 Å². The number of para-hydroxylation sites is 1. The Hall–Kier alpha value is -1.48. The van der Waals surface area contributed by atoms with Crippen molar-refractivity contribution in [2.75, 3.05) is 19.8 Å². The van der Waals surface area contributed by atoms with E-state index in [4.69, 9.17) is 9.47 Å². The molecule has 1 N–H and O–H groups in total. The molecule has 104 valence electrons. The third-order valence-corrected chi connectivity index (χ3v) is 3.27. The molecule has 2 rings (SSSR count). The molecule has 1 aromatic carbocycles. The monoisotopic (exact) mass is 261 g/mol. The lowest BCUT2D eigenvalue weighted by atomic mass is 9.94. The van der Waals surface area contributed by atoms with Gasteiger partial charge in [0.05, 0.1) is 25.5 Å². The van der Waals surface area contributed by atoms with Crippen molar-refractivity contribution < 1.29 is 9.47 Å². The zero-order valence-electron chi connectivity index (χ0n) is 11.8. The Morgan fingerprint density at radius 2 is 2.16 bits per heavy atom. The highest BCUT2D eigenvalue weighted by atomic mass is 16.5. The maximum absolute atomic E-state index is 5.75. The van der Waals surface area contributed by atoms with Gasteiger partial charge in [-0.15, -0.1) is 0 Å². The van der Waals surface area contributed by atoms with Crippen LogP contribution in [-0.4, -0.2) is 19.8 Å². The highest BCUT2D eigenvalue weighted by Crippen LogP contribution is 2.33. The van der Waals surface area contributed by atoms with Crippen LogP contribution in [0.1, 0.15) is 38.3 Å². The molecular formula is C16H23NO2. The Kier molecular flexibility index (Phi) is 5.28. The topological polar surface area (TPSA) is 30.5 Å². The van der Waals surface area contributed by atoms with E-state index in [2.05, 4.69) is 24.4 Å². The highest BCUT2D eigenvalue weighted by Gasteiger charge is 2.21. The fourth-order valence-electron chi connectivity index (χ4n) is 2.45. The summed E-state index contributed by atoms with van der Waals surface area (Å²) in [6, 6.07) is 8.43. The minimum absolute atomic E-state index is 0.188. The Morgan fingerprint density at radius 3 is 2.84 bits per heavy atom. The average Bonchev–Trinajstić information content (AvgIpc) is 2.47. The molecule has 0 bridgehead atoms. The number of ether oxygens (including phenoxy) is 2. The van der Waals surface area contributed by atoms with Crippen LogP contribution < -0.4 is 10.1 Å². The van der Waals surface area contributed by atoms with Crippen molar-refractivity contribution in [1.82, 2.24) is 5.32 Å². The molecule has 19 heavy (non-hydrogen) atoms. The summed E-state index contributed by atoms with van der Waals surface area (Å²) in [6.07, 6.45) is 4.09. The first kappa shape index (κ1) is 13.9. The molecule has 0 aliphatic carbocycles. The van der Waals surface area contributed by atoms with Crippen LogP contribution in [0.4, 0.5) is 0 Å². The zero-order valence-corrected chi connectivity index (χ0v) is 11.8. The third kappa shape index (κ3) is 3.51. The van der Waals surface area contributed by atoms with Crippen LogP contribution in [-0.2, 0) is 4.74 Å². The molecule has 0 saturated carbocycles. The summed E-state index contributed by atoms with van der Waals surface area (Å²) < 4.78 is 11.2. The Morgan fingerprint density at radius 1 is 1.32 bits per heavy atom. The van der Waals surface area contributed by atoms with Gasteiger partial charge in [0.15, 0.2) is 0 Å². The molecule has 0 amide bonds. The first-order valence-corrected chi connectivity index (χ1v) is 7.12. The Balaban J connectivity index is 2.30. The van der Waals surface area contributed by atoms with Gasteiger partial charge in [-0.3, -0.25) is 0 Å². The largest absolute Gasteiger partial charge is 0.501 e. The zero-order chi connectivity index (χ0) is 13.5. The summed E-state index contributed by atoms with van der Waals surface area (Å²) >= 11 is 0. The van der Waals surface area contributed by atoms with Crippen molar-refractivity contribution in [2.45, 2.75) is 32.7 Å². The standard InChI is InChI=1S/C16H23NO2/c1-3-17-16(13-8-7-11-18-12-13)14-9-5-6-10-15(14)19-4-2/h5-6,9-10,12,16-17H,3-4,7-8,11H2,1-2H3. The van der Waals surface area contributed by atoms with Crippen LogP contribution in [0.25, 0.3) is 0 Å². The molecule has 0 radical (unpaired) electrons. The van der Waals surface area contributed by atoms with Crippen molar-refractivity contribution in [3.63, 3.8) is 0 Å². The molecule has 3 nitrogen and oxygen atoms in total. The molecule has 1 aromatic rings. The normalized spacial score (nSPS) is 16.4. The SMILES string of the molecule is CCNC(C1=COCCC1)c1ccccc1OCC. The predicted molar refractivity (Wildman–Crippen MR) is 77.3 cm³/mol. The quantitative estimate of drug-likeness (QED) is 0.851. The number of rotatable bonds is 6. The molecule has 1 aliphatic rings. The summed E-state index contributed by atoms with van der Waals surface area (Å²) in [6.45, 7) is 6.58. The van der Waals surface area contributed by atoms with Gasteiger partial charge in [-0.25, -0.2) is 0 Å². The summed E-state index contributed by atoms with van der Waals surface area (Å²) in [4.78, 5) is 0. The van der Waals surface area contributed by atoms with Crippen LogP contribution in [0.2, 0.25) is 0 Å². The molecule has 1 heterocycles. The number of hydrogen-bond donors (Lipinski definition) is 1. The minimum atomic E-state index is 0.188. The van der Waals surface area contributed by atoms with E-state index >= 15 is 0 Å². The summed E-state index contributed by atoms with van der Waals surface area (Å²) in [5.41, 5.74) is 2.50. The van der Waals surface area contributed by atoms with E-state index in [9.17, 15) is 0 Å². The van der Waals surface area contributed by atoms with Gasteiger partial charge in [0, 0.05) is 5.56 Å². The van der Waals surface area contributed by atoms with Gasteiger partial charge < -0.3 is 14.8 Å². The van der Waals surface area contributed by atoms with Crippen molar-refractivity contribution >= 4 is 0 Å². The second-order valence-electron chi connectivity index (χ2n) is 4.63. The Bertz CT molecular complexity index is 429. The maximum atomic E-state index is 5.75. The Labute approximate surface area is 115 Å². The minimum Gasteiger partial charge on any atom is -0.501 e. The van der Waals surface area contributed by atoms with Crippen LogP contribution in [0.5, 0.6) is 5.75 Å². The lowest BCUT2D eigenvalue weighted by Crippen LogP contribution is -2.25. The first-order valence-electron chi connectivity index (χ1n) is 7.12. The molecule has 3 heteroatoms. The van der Waals surface area contributed by atoms with Crippen molar-refractivity contribution in [3.8, 4) is 5.75 Å². The second-order valence-corrected chi connectivity index (χ2v) is 4.63. The van der Waals surface area contributed by atoms with Crippen LogP contribution in [0.15, 0.2) is 36.1 Å². The van der Waals surface area contributed by atoms with Gasteiger partial charge in [0.1, 0.15) is 5.75 Å². The first-order chi connectivity index (χ1) is 9.36. The second kappa shape index (κ2) is 7.19. The van der Waals surface area contributed by atoms with Crippen molar-refractivity contribution in [3.05, 3.63) is 41.7 Å². The van der Waals surface area contributed by atoms with Gasteiger partial charge in [-0.1, -0.05) is 25.1 Å². The lowest BCUT2D eigenvalue weighted by Gasteiger charge is -2.26. The number of likely N-dealkylation sites (N-methyl/N-ethyl adjacent to an activating group) is 1.